The van der Waals surface area contributed by atoms with Gasteiger partial charge in [0.2, 0.25) is 5.88 Å². The van der Waals surface area contributed by atoms with Crippen LogP contribution in [-0.2, 0) is 12.6 Å². The van der Waals surface area contributed by atoms with Crippen molar-refractivity contribution in [2.45, 2.75) is 18.8 Å². The van der Waals surface area contributed by atoms with Crippen molar-refractivity contribution >= 4 is 5.78 Å². The number of hydrogen-bond acceptors (Lipinski definition) is 4. The van der Waals surface area contributed by atoms with Gasteiger partial charge in [-0.3, -0.25) is 4.79 Å². The lowest BCUT2D eigenvalue weighted by Gasteiger charge is -2.14. The molecule has 1 atom stereocenters. The summed E-state index contributed by atoms with van der Waals surface area (Å²) in [6, 6.07) is 4.64. The molecule has 1 heterocycles. The Morgan fingerprint density at radius 2 is 2.00 bits per heavy atom. The quantitative estimate of drug-likeness (QED) is 0.766. The highest BCUT2D eigenvalue weighted by Crippen LogP contribution is 2.41. The lowest BCUT2D eigenvalue weighted by Crippen LogP contribution is -2.15. The van der Waals surface area contributed by atoms with Crippen LogP contribution in [-0.4, -0.2) is 16.9 Å². The van der Waals surface area contributed by atoms with Crippen molar-refractivity contribution in [2.75, 3.05) is 0 Å². The number of alkyl halides is 4. The maximum Gasteiger partial charge on any atom is 0.418 e. The molecule has 1 aliphatic rings. The molecule has 9 heteroatoms. The van der Waals surface area contributed by atoms with Crippen LogP contribution in [0.2, 0.25) is 0 Å². The highest BCUT2D eigenvalue weighted by atomic mass is 19.4. The highest BCUT2D eigenvalue weighted by molar-refractivity contribution is 6.05. The molecule has 0 N–H and O–H groups in total. The summed E-state index contributed by atoms with van der Waals surface area (Å²) in [6.45, 7) is 0. The van der Waals surface area contributed by atoms with E-state index in [1.807, 2.05) is 0 Å². The zero-order valence-corrected chi connectivity index (χ0v) is 12.2. The second-order valence-corrected chi connectivity index (χ2v) is 5.25. The Balaban J connectivity index is 2.10. The molecule has 0 fully saturated rings. The zero-order chi connectivity index (χ0) is 18.4. The van der Waals surface area contributed by atoms with E-state index in [4.69, 9.17) is 10.00 Å². The maximum atomic E-state index is 13.7. The van der Waals surface area contributed by atoms with Gasteiger partial charge in [-0.15, -0.1) is 0 Å². The summed E-state index contributed by atoms with van der Waals surface area (Å²) in [5.41, 5.74) is -2.60. The number of carbonyl (C=O) groups is 1. The summed E-state index contributed by atoms with van der Waals surface area (Å²) in [5, 5.41) is 8.80. The van der Waals surface area contributed by atoms with Crippen LogP contribution in [0.1, 0.15) is 27.0 Å². The highest BCUT2D eigenvalue weighted by Gasteiger charge is 2.44. The van der Waals surface area contributed by atoms with Crippen LogP contribution in [0.25, 0.3) is 0 Å². The predicted octanol–water partition coefficient (Wildman–Crippen LogP) is 3.98. The fourth-order valence-electron chi connectivity index (χ4n) is 2.54. The predicted molar refractivity (Wildman–Crippen MR) is 73.4 cm³/mol. The zero-order valence-electron chi connectivity index (χ0n) is 12.2. The molecular weight excluding hydrogens is 347 g/mol. The summed E-state index contributed by atoms with van der Waals surface area (Å²) >= 11 is 0. The third-order valence-electron chi connectivity index (χ3n) is 3.57. The van der Waals surface area contributed by atoms with Crippen molar-refractivity contribution in [3.8, 4) is 17.7 Å². The molecule has 0 bridgehead atoms. The minimum atomic E-state index is -4.89. The number of aromatic nitrogens is 1. The molecule has 0 radical (unpaired) electrons. The van der Waals surface area contributed by atoms with E-state index in [1.54, 1.807) is 6.07 Å². The summed E-state index contributed by atoms with van der Waals surface area (Å²) in [5.74, 6) is -2.75. The van der Waals surface area contributed by atoms with Gasteiger partial charge in [0.05, 0.1) is 17.2 Å². The van der Waals surface area contributed by atoms with Crippen molar-refractivity contribution in [2.24, 2.45) is 0 Å². The molecule has 4 nitrogen and oxygen atoms in total. The number of hydrogen-bond donors (Lipinski definition) is 0. The molecule has 0 aliphatic heterocycles. The monoisotopic (exact) mass is 354 g/mol. The molecule has 1 aromatic heterocycles. The molecule has 0 amide bonds. The van der Waals surface area contributed by atoms with Gasteiger partial charge in [0.15, 0.2) is 12.0 Å². The van der Waals surface area contributed by atoms with E-state index in [2.05, 4.69) is 4.98 Å². The Labute approximate surface area is 137 Å². The van der Waals surface area contributed by atoms with E-state index >= 15 is 0 Å². The Morgan fingerprint density at radius 3 is 2.64 bits per heavy atom. The number of carbonyl (C=O) groups excluding carboxylic acids is 1. The van der Waals surface area contributed by atoms with E-state index in [-0.39, 0.29) is 16.9 Å². The van der Waals surface area contributed by atoms with Crippen LogP contribution < -0.4 is 4.74 Å². The van der Waals surface area contributed by atoms with E-state index in [1.165, 1.54) is 0 Å². The van der Waals surface area contributed by atoms with E-state index in [9.17, 15) is 26.7 Å². The summed E-state index contributed by atoms with van der Waals surface area (Å²) in [4.78, 5) is 15.3. The average Bonchev–Trinajstić information content (AvgIpc) is 2.82. The lowest BCUT2D eigenvalue weighted by atomic mass is 10.1. The number of fused-ring (bicyclic) bond motifs is 1. The Bertz CT molecular complexity index is 918. The van der Waals surface area contributed by atoms with Crippen LogP contribution >= 0.6 is 0 Å². The van der Waals surface area contributed by atoms with Gasteiger partial charge in [-0.05, 0) is 12.1 Å². The number of rotatable bonds is 2. The van der Waals surface area contributed by atoms with Gasteiger partial charge in [-0.1, -0.05) is 0 Å². The molecule has 0 saturated carbocycles. The standard InChI is InChI=1S/C16H7F5N2O2/c17-8-1-7(5-22)2-9(3-8)25-15-10-4-12(18)14(24)13(10)11(6-23-15)16(19,20)21/h1-3,6,12H,4H2. The fraction of sp³-hybridized carbons (Fsp3) is 0.188. The number of Topliss-reactive ketones (excluding diaryl/α,β-unsaturated/α-hetero) is 1. The number of nitriles is 1. The average molecular weight is 354 g/mol. The van der Waals surface area contributed by atoms with Crippen LogP contribution in [0, 0.1) is 17.1 Å². The van der Waals surface area contributed by atoms with Crippen molar-refractivity contribution in [1.29, 1.82) is 5.26 Å². The van der Waals surface area contributed by atoms with Crippen molar-refractivity contribution in [3.05, 3.63) is 52.5 Å². The molecular formula is C16H7F5N2O2. The minimum Gasteiger partial charge on any atom is -0.439 e. The van der Waals surface area contributed by atoms with Crippen LogP contribution in [0.3, 0.4) is 0 Å². The van der Waals surface area contributed by atoms with Gasteiger partial charge in [0.25, 0.3) is 0 Å². The maximum absolute atomic E-state index is 13.7. The van der Waals surface area contributed by atoms with Crippen molar-refractivity contribution < 1.29 is 31.5 Å². The normalized spacial score (nSPS) is 16.5. The second kappa shape index (κ2) is 5.81. The molecule has 3 rings (SSSR count). The van der Waals surface area contributed by atoms with Gasteiger partial charge in [0.1, 0.15) is 11.6 Å². The minimum absolute atomic E-state index is 0.0852. The van der Waals surface area contributed by atoms with E-state index in [0.717, 1.165) is 18.2 Å². The summed E-state index contributed by atoms with van der Waals surface area (Å²) in [7, 11) is 0. The molecule has 1 aromatic carbocycles. The fourth-order valence-corrected chi connectivity index (χ4v) is 2.54. The molecule has 1 aliphatic carbocycles. The van der Waals surface area contributed by atoms with Crippen LogP contribution in [0.15, 0.2) is 24.4 Å². The first-order valence-corrected chi connectivity index (χ1v) is 6.86. The molecule has 0 saturated heterocycles. The molecule has 25 heavy (non-hydrogen) atoms. The molecule has 2 aromatic rings. The third kappa shape index (κ3) is 3.03. The van der Waals surface area contributed by atoms with Crippen molar-refractivity contribution in [3.63, 3.8) is 0 Å². The molecule has 1 unspecified atom stereocenters. The SMILES string of the molecule is N#Cc1cc(F)cc(Oc2ncc(C(F)(F)F)c3c2CC(F)C3=O)c1. The first kappa shape index (κ1) is 16.8. The van der Waals surface area contributed by atoms with E-state index < -0.39 is 47.4 Å². The van der Waals surface area contributed by atoms with Crippen LogP contribution in [0.4, 0.5) is 22.0 Å². The molecule has 0 spiro atoms. The number of benzene rings is 1. The number of pyridine rings is 1. The first-order valence-electron chi connectivity index (χ1n) is 6.86. The third-order valence-corrected chi connectivity index (χ3v) is 3.57. The van der Waals surface area contributed by atoms with Gasteiger partial charge in [-0.25, -0.2) is 13.8 Å². The van der Waals surface area contributed by atoms with Gasteiger partial charge >= 0.3 is 6.18 Å². The van der Waals surface area contributed by atoms with Crippen molar-refractivity contribution in [1.82, 2.24) is 4.98 Å². The number of nitrogens with zero attached hydrogens (tertiary/aromatic N) is 2. The smallest absolute Gasteiger partial charge is 0.418 e. The van der Waals surface area contributed by atoms with Gasteiger partial charge in [-0.2, -0.15) is 18.4 Å². The largest absolute Gasteiger partial charge is 0.439 e. The number of ether oxygens (including phenoxy) is 1. The van der Waals surface area contributed by atoms with Crippen LogP contribution in [0.5, 0.6) is 11.6 Å². The second-order valence-electron chi connectivity index (χ2n) is 5.25. The Morgan fingerprint density at radius 1 is 1.28 bits per heavy atom. The number of halogens is 5. The molecule has 128 valence electrons. The van der Waals surface area contributed by atoms with E-state index in [0.29, 0.717) is 6.20 Å². The Hall–Kier alpha value is -3.02. The van der Waals surface area contributed by atoms with Gasteiger partial charge in [0, 0.05) is 29.8 Å². The summed E-state index contributed by atoms with van der Waals surface area (Å²) < 4.78 is 71.4. The lowest BCUT2D eigenvalue weighted by molar-refractivity contribution is -0.138. The topological polar surface area (TPSA) is 63.0 Å². The van der Waals surface area contributed by atoms with Gasteiger partial charge < -0.3 is 4.74 Å². The number of ketones is 1. The Kier molecular flexibility index (Phi) is 3.91. The first-order chi connectivity index (χ1) is 11.7. The summed E-state index contributed by atoms with van der Waals surface area (Å²) in [6.07, 6.45) is -7.28.